The molecule has 0 bridgehead atoms. The number of carbonyl (C=O) groups excluding carboxylic acids is 1. The van der Waals surface area contributed by atoms with Gasteiger partial charge >= 0.3 is 0 Å². The summed E-state index contributed by atoms with van der Waals surface area (Å²) in [4.78, 5) is 25.4. The third-order valence-electron chi connectivity index (χ3n) is 5.18. The number of aromatic nitrogens is 4. The second kappa shape index (κ2) is 7.38. The lowest BCUT2D eigenvalue weighted by Gasteiger charge is -2.23. The first-order valence-corrected chi connectivity index (χ1v) is 9.69. The van der Waals surface area contributed by atoms with Crippen molar-refractivity contribution < 1.29 is 24.2 Å². The van der Waals surface area contributed by atoms with Crippen molar-refractivity contribution in [2.45, 2.75) is 44.2 Å². The number of ether oxygens (including phenoxy) is 3. The van der Waals surface area contributed by atoms with Crippen LogP contribution in [-0.2, 0) is 14.2 Å². The van der Waals surface area contributed by atoms with Crippen molar-refractivity contribution in [1.29, 1.82) is 0 Å². The molecule has 11 nitrogen and oxygen atoms in total. The zero-order valence-electron chi connectivity index (χ0n) is 16.7. The first-order chi connectivity index (χ1) is 15.0. The van der Waals surface area contributed by atoms with Crippen molar-refractivity contribution in [1.82, 2.24) is 19.5 Å². The molecule has 160 valence electrons. The topological polar surface area (TPSA) is 133 Å². The van der Waals surface area contributed by atoms with E-state index in [9.17, 15) is 4.79 Å². The van der Waals surface area contributed by atoms with Crippen LogP contribution in [0.1, 0.15) is 30.4 Å². The van der Waals surface area contributed by atoms with Crippen molar-refractivity contribution in [3.05, 3.63) is 48.5 Å². The van der Waals surface area contributed by atoms with Crippen molar-refractivity contribution in [2.75, 3.05) is 5.32 Å². The molecular formula is C20H20N6O5. The average Bonchev–Trinajstić information content (AvgIpc) is 3.41. The Hall–Kier alpha value is -3.41. The molecule has 2 saturated heterocycles. The van der Waals surface area contributed by atoms with Gasteiger partial charge in [-0.1, -0.05) is 23.4 Å². The third-order valence-corrected chi connectivity index (χ3v) is 5.18. The number of carbonyl (C=O) groups is 1. The number of rotatable bonds is 4. The number of nitrogens with zero attached hydrogens (tertiary/aromatic N) is 5. The van der Waals surface area contributed by atoms with E-state index in [0.29, 0.717) is 16.7 Å². The summed E-state index contributed by atoms with van der Waals surface area (Å²) in [6.07, 6.45) is 1.97. The molecule has 0 aliphatic carbocycles. The molecular weight excluding hydrogens is 404 g/mol. The normalized spacial score (nSPS) is 27.0. The van der Waals surface area contributed by atoms with Crippen molar-refractivity contribution in [3.63, 3.8) is 0 Å². The molecule has 0 spiro atoms. The average molecular weight is 424 g/mol. The van der Waals surface area contributed by atoms with Crippen LogP contribution >= 0.6 is 0 Å². The first-order valence-electron chi connectivity index (χ1n) is 9.69. The van der Waals surface area contributed by atoms with Gasteiger partial charge in [-0.25, -0.2) is 15.0 Å². The summed E-state index contributed by atoms with van der Waals surface area (Å²) >= 11 is 0. The van der Waals surface area contributed by atoms with Crippen molar-refractivity contribution in [3.8, 4) is 0 Å². The number of fused-ring (bicyclic) bond motifs is 2. The Kier molecular flexibility index (Phi) is 4.65. The lowest BCUT2D eigenvalue weighted by molar-refractivity contribution is -0.188. The second-order valence-corrected chi connectivity index (χ2v) is 7.69. The fourth-order valence-electron chi connectivity index (χ4n) is 3.92. The number of oxime groups is 1. The molecule has 4 heterocycles. The monoisotopic (exact) mass is 424 g/mol. The number of hydrogen-bond donors (Lipinski definition) is 2. The van der Waals surface area contributed by atoms with E-state index in [1.54, 1.807) is 49.0 Å². The molecule has 11 heteroatoms. The Morgan fingerprint density at radius 1 is 1.19 bits per heavy atom. The molecule has 0 saturated carbocycles. The predicted molar refractivity (Wildman–Crippen MR) is 108 cm³/mol. The van der Waals surface area contributed by atoms with E-state index in [0.717, 1.165) is 0 Å². The zero-order chi connectivity index (χ0) is 21.6. The van der Waals surface area contributed by atoms with Crippen LogP contribution in [0.25, 0.3) is 11.2 Å². The van der Waals surface area contributed by atoms with E-state index in [4.69, 9.17) is 19.4 Å². The van der Waals surface area contributed by atoms with Crippen LogP contribution in [0.5, 0.6) is 0 Å². The Balaban J connectivity index is 1.48. The van der Waals surface area contributed by atoms with Gasteiger partial charge in [-0.2, -0.15) is 0 Å². The minimum atomic E-state index is -0.820. The summed E-state index contributed by atoms with van der Waals surface area (Å²) in [5.74, 6) is -0.843. The summed E-state index contributed by atoms with van der Waals surface area (Å²) in [5.41, 5.74) is 1.36. The van der Waals surface area contributed by atoms with Crippen LogP contribution in [0.15, 0.2) is 48.1 Å². The standard InChI is InChI=1S/C20H20N6O5/c1-20(2)30-14-12(8-24-28)29-19(15(14)31-20)26-10-23-13-16(21-9-22-17(13)26)25-18(27)11-6-4-3-5-7-11/h3-10,12,14-15,19,28H,1-2H3,(H,21,22,25,27)/b24-8+/t12-,14-,15-,19-/m1/s1. The highest BCUT2D eigenvalue weighted by Gasteiger charge is 2.55. The highest BCUT2D eigenvalue weighted by Crippen LogP contribution is 2.43. The largest absolute Gasteiger partial charge is 0.411 e. The summed E-state index contributed by atoms with van der Waals surface area (Å²) < 4.78 is 19.7. The Labute approximate surface area is 176 Å². The minimum Gasteiger partial charge on any atom is -0.411 e. The van der Waals surface area contributed by atoms with Crippen LogP contribution in [0, 0.1) is 0 Å². The Bertz CT molecular complexity index is 1150. The maximum atomic E-state index is 12.6. The Morgan fingerprint density at radius 2 is 1.97 bits per heavy atom. The van der Waals surface area contributed by atoms with E-state index >= 15 is 0 Å². The SMILES string of the molecule is CC1(C)O[C@@H]2[C@H](O1)[C@@H](/C=N/O)O[C@H]2n1cnc2c(NC(=O)c3ccccc3)ncnc21. The van der Waals surface area contributed by atoms with Gasteiger partial charge in [0, 0.05) is 5.56 Å². The molecule has 2 aliphatic heterocycles. The molecule has 5 rings (SSSR count). The van der Waals surface area contributed by atoms with Gasteiger partial charge in [0.1, 0.15) is 24.6 Å². The summed E-state index contributed by atoms with van der Waals surface area (Å²) in [6, 6.07) is 8.82. The van der Waals surface area contributed by atoms with E-state index in [1.165, 1.54) is 12.5 Å². The maximum absolute atomic E-state index is 12.6. The van der Waals surface area contributed by atoms with E-state index in [1.807, 2.05) is 6.07 Å². The van der Waals surface area contributed by atoms with Crippen LogP contribution in [-0.4, -0.2) is 60.9 Å². The second-order valence-electron chi connectivity index (χ2n) is 7.69. The van der Waals surface area contributed by atoms with Gasteiger partial charge < -0.3 is 24.7 Å². The van der Waals surface area contributed by atoms with Crippen molar-refractivity contribution in [2.24, 2.45) is 5.16 Å². The fourth-order valence-corrected chi connectivity index (χ4v) is 3.92. The first kappa shape index (κ1) is 19.5. The molecule has 31 heavy (non-hydrogen) atoms. The number of anilines is 1. The number of nitrogens with one attached hydrogen (secondary N) is 1. The highest BCUT2D eigenvalue weighted by atomic mass is 16.8. The quantitative estimate of drug-likeness (QED) is 0.369. The number of hydrogen-bond acceptors (Lipinski definition) is 9. The molecule has 3 aromatic rings. The van der Waals surface area contributed by atoms with Gasteiger partial charge in [-0.3, -0.25) is 9.36 Å². The highest BCUT2D eigenvalue weighted by molar-refractivity contribution is 6.06. The zero-order valence-corrected chi connectivity index (χ0v) is 16.7. The van der Waals surface area contributed by atoms with Gasteiger partial charge in [0.2, 0.25) is 0 Å². The number of amides is 1. The van der Waals surface area contributed by atoms with Crippen molar-refractivity contribution >= 4 is 29.1 Å². The van der Waals surface area contributed by atoms with Gasteiger partial charge in [0.25, 0.3) is 5.91 Å². The lowest BCUT2D eigenvalue weighted by atomic mass is 10.1. The maximum Gasteiger partial charge on any atom is 0.256 e. The minimum absolute atomic E-state index is 0.282. The molecule has 2 aliphatic rings. The van der Waals surface area contributed by atoms with Crippen LogP contribution in [0.4, 0.5) is 5.82 Å². The molecule has 1 aromatic carbocycles. The molecule has 2 fully saturated rings. The molecule has 2 N–H and O–H groups in total. The smallest absolute Gasteiger partial charge is 0.256 e. The van der Waals surface area contributed by atoms with E-state index in [-0.39, 0.29) is 11.7 Å². The summed E-state index contributed by atoms with van der Waals surface area (Å²) in [7, 11) is 0. The van der Waals surface area contributed by atoms with Gasteiger partial charge in [0.05, 0.1) is 12.5 Å². The Morgan fingerprint density at radius 3 is 2.74 bits per heavy atom. The van der Waals surface area contributed by atoms with Gasteiger partial charge in [0.15, 0.2) is 29.0 Å². The predicted octanol–water partition coefficient (Wildman–Crippen LogP) is 1.96. The molecule has 2 aromatic heterocycles. The lowest BCUT2D eigenvalue weighted by Crippen LogP contribution is -2.30. The van der Waals surface area contributed by atoms with Crippen LogP contribution in [0.2, 0.25) is 0 Å². The third kappa shape index (κ3) is 3.42. The van der Waals surface area contributed by atoms with Gasteiger partial charge in [-0.05, 0) is 26.0 Å². The summed E-state index contributed by atoms with van der Waals surface area (Å²) in [6.45, 7) is 3.61. The summed E-state index contributed by atoms with van der Waals surface area (Å²) in [5, 5.41) is 14.9. The van der Waals surface area contributed by atoms with Crippen LogP contribution < -0.4 is 5.32 Å². The van der Waals surface area contributed by atoms with Gasteiger partial charge in [-0.15, -0.1) is 0 Å². The molecule has 4 atom stereocenters. The number of benzene rings is 1. The fraction of sp³-hybridized carbons (Fsp3) is 0.350. The molecule has 0 radical (unpaired) electrons. The number of imidazole rings is 1. The van der Waals surface area contributed by atoms with Crippen LogP contribution in [0.3, 0.4) is 0 Å². The van der Waals surface area contributed by atoms with E-state index < -0.39 is 30.3 Å². The molecule has 0 unspecified atom stereocenters. The molecule has 1 amide bonds. The van der Waals surface area contributed by atoms with E-state index in [2.05, 4.69) is 25.4 Å².